The van der Waals surface area contributed by atoms with Crippen molar-refractivity contribution in [1.29, 1.82) is 0 Å². The normalized spacial score (nSPS) is 10.4. The number of anilines is 1. The highest BCUT2D eigenvalue weighted by atomic mass is 32.1. The number of nitrogens with two attached hydrogens (primary N) is 1. The summed E-state index contributed by atoms with van der Waals surface area (Å²) >= 11 is 3.21. The average Bonchev–Trinajstić information content (AvgIpc) is 2.58. The molecule has 4 heteroatoms. The molecule has 0 aromatic carbocycles. The molecule has 2 aromatic heterocycles. The monoisotopic (exact) mass is 196 g/mol. The number of aryl methyl sites for hydroxylation is 1. The minimum atomic E-state index is 0.633. The van der Waals surface area contributed by atoms with Crippen LogP contribution in [0.4, 0.5) is 5.13 Å². The van der Waals surface area contributed by atoms with E-state index in [0.29, 0.717) is 5.13 Å². The Morgan fingerprint density at radius 2 is 2.17 bits per heavy atom. The van der Waals surface area contributed by atoms with E-state index in [4.69, 9.17) is 5.73 Å². The first-order chi connectivity index (χ1) is 5.75. The van der Waals surface area contributed by atoms with E-state index >= 15 is 0 Å². The summed E-state index contributed by atoms with van der Waals surface area (Å²) in [5, 5.41) is 4.72. The van der Waals surface area contributed by atoms with Crippen molar-refractivity contribution in [1.82, 2.24) is 4.98 Å². The van der Waals surface area contributed by atoms with Gasteiger partial charge in [0.15, 0.2) is 5.13 Å². The molecule has 0 radical (unpaired) electrons. The molecule has 2 nitrogen and oxygen atoms in total. The fraction of sp³-hybridized carbons (Fsp3) is 0.125. The molecule has 2 N–H and O–H groups in total. The van der Waals surface area contributed by atoms with Crippen molar-refractivity contribution in [2.45, 2.75) is 6.92 Å². The third kappa shape index (κ3) is 1.35. The van der Waals surface area contributed by atoms with Gasteiger partial charge in [-0.15, -0.1) is 22.7 Å². The molecule has 0 aliphatic carbocycles. The second-order valence-corrected chi connectivity index (χ2v) is 4.52. The van der Waals surface area contributed by atoms with Crippen LogP contribution in [0.1, 0.15) is 4.88 Å². The molecule has 0 saturated carbocycles. The Morgan fingerprint density at radius 3 is 2.67 bits per heavy atom. The molecule has 0 unspecified atom stereocenters. The molecule has 0 bridgehead atoms. The number of thiazole rings is 1. The van der Waals surface area contributed by atoms with Gasteiger partial charge in [0.25, 0.3) is 0 Å². The van der Waals surface area contributed by atoms with Gasteiger partial charge in [-0.2, -0.15) is 0 Å². The second kappa shape index (κ2) is 2.88. The lowest BCUT2D eigenvalue weighted by atomic mass is 10.2. The van der Waals surface area contributed by atoms with Gasteiger partial charge in [0.2, 0.25) is 0 Å². The first kappa shape index (κ1) is 7.76. The predicted molar refractivity (Wildman–Crippen MR) is 54.6 cm³/mol. The number of rotatable bonds is 1. The molecule has 2 aromatic rings. The molecule has 12 heavy (non-hydrogen) atoms. The fourth-order valence-corrected chi connectivity index (χ4v) is 2.27. The summed E-state index contributed by atoms with van der Waals surface area (Å²) in [6.45, 7) is 2.09. The van der Waals surface area contributed by atoms with Gasteiger partial charge in [-0.1, -0.05) is 0 Å². The van der Waals surface area contributed by atoms with Gasteiger partial charge in [0.05, 0.1) is 5.69 Å². The average molecular weight is 196 g/mol. The number of hydrogen-bond donors (Lipinski definition) is 1. The van der Waals surface area contributed by atoms with Gasteiger partial charge in [0, 0.05) is 21.2 Å². The summed E-state index contributed by atoms with van der Waals surface area (Å²) in [6.07, 6.45) is 0. The Kier molecular flexibility index (Phi) is 1.86. The minimum absolute atomic E-state index is 0.633. The SMILES string of the molecule is Cc1cc(-c2csc(N)n2)cs1. The molecule has 0 atom stereocenters. The Morgan fingerprint density at radius 1 is 1.33 bits per heavy atom. The highest BCUT2D eigenvalue weighted by Gasteiger charge is 2.03. The van der Waals surface area contributed by atoms with Crippen LogP contribution in [-0.2, 0) is 0 Å². The Hall–Kier alpha value is -0.870. The zero-order valence-electron chi connectivity index (χ0n) is 6.57. The quantitative estimate of drug-likeness (QED) is 0.761. The highest BCUT2D eigenvalue weighted by Crippen LogP contribution is 2.26. The van der Waals surface area contributed by atoms with E-state index in [9.17, 15) is 0 Å². The zero-order chi connectivity index (χ0) is 8.55. The third-order valence-corrected chi connectivity index (χ3v) is 3.08. The number of thiophene rings is 1. The van der Waals surface area contributed by atoms with E-state index in [-0.39, 0.29) is 0 Å². The molecule has 2 heterocycles. The van der Waals surface area contributed by atoms with Crippen LogP contribution in [0.2, 0.25) is 0 Å². The maximum absolute atomic E-state index is 5.53. The standard InChI is InChI=1S/C8H8N2S2/c1-5-2-6(3-11-5)7-4-12-8(9)10-7/h2-4H,1H3,(H2,9,10). The maximum Gasteiger partial charge on any atom is 0.180 e. The number of hydrogen-bond acceptors (Lipinski definition) is 4. The van der Waals surface area contributed by atoms with Crippen LogP contribution >= 0.6 is 22.7 Å². The van der Waals surface area contributed by atoms with Gasteiger partial charge in [0.1, 0.15) is 0 Å². The largest absolute Gasteiger partial charge is 0.375 e. The zero-order valence-corrected chi connectivity index (χ0v) is 8.21. The van der Waals surface area contributed by atoms with E-state index in [0.717, 1.165) is 5.69 Å². The second-order valence-electron chi connectivity index (χ2n) is 2.52. The smallest absolute Gasteiger partial charge is 0.180 e. The molecule has 0 aliphatic heterocycles. The van der Waals surface area contributed by atoms with E-state index in [1.54, 1.807) is 11.3 Å². The molecule has 0 spiro atoms. The molecular formula is C8H8N2S2. The van der Waals surface area contributed by atoms with Crippen molar-refractivity contribution in [3.05, 3.63) is 21.7 Å². The van der Waals surface area contributed by atoms with Crippen molar-refractivity contribution in [2.24, 2.45) is 0 Å². The summed E-state index contributed by atoms with van der Waals surface area (Å²) in [7, 11) is 0. The van der Waals surface area contributed by atoms with Crippen LogP contribution in [0.3, 0.4) is 0 Å². The fourth-order valence-electron chi connectivity index (χ4n) is 0.998. The number of aromatic nitrogens is 1. The summed E-state index contributed by atoms with van der Waals surface area (Å²) in [4.78, 5) is 5.50. The van der Waals surface area contributed by atoms with Crippen molar-refractivity contribution < 1.29 is 0 Å². The first-order valence-electron chi connectivity index (χ1n) is 3.52. The highest BCUT2D eigenvalue weighted by molar-refractivity contribution is 7.14. The molecule has 62 valence electrons. The number of nitrogens with zero attached hydrogens (tertiary/aromatic N) is 1. The Bertz CT molecular complexity index is 351. The first-order valence-corrected chi connectivity index (χ1v) is 5.28. The van der Waals surface area contributed by atoms with Crippen LogP contribution < -0.4 is 5.73 Å². The molecule has 0 amide bonds. The van der Waals surface area contributed by atoms with Crippen LogP contribution in [0.15, 0.2) is 16.8 Å². The molecule has 0 aliphatic rings. The minimum Gasteiger partial charge on any atom is -0.375 e. The lowest BCUT2D eigenvalue weighted by molar-refractivity contribution is 1.42. The third-order valence-electron chi connectivity index (χ3n) is 1.55. The van der Waals surface area contributed by atoms with E-state index in [2.05, 4.69) is 23.4 Å². The van der Waals surface area contributed by atoms with Gasteiger partial charge in [-0.05, 0) is 13.0 Å². The molecule has 0 saturated heterocycles. The van der Waals surface area contributed by atoms with Crippen LogP contribution in [0.5, 0.6) is 0 Å². The topological polar surface area (TPSA) is 38.9 Å². The van der Waals surface area contributed by atoms with Crippen molar-refractivity contribution >= 4 is 27.8 Å². The Labute approximate surface area is 78.7 Å². The summed E-state index contributed by atoms with van der Waals surface area (Å²) in [5.41, 5.74) is 7.69. The molecule has 0 fully saturated rings. The van der Waals surface area contributed by atoms with Gasteiger partial charge >= 0.3 is 0 Å². The Balaban J connectivity index is 2.43. The molecule has 2 rings (SSSR count). The molecular weight excluding hydrogens is 188 g/mol. The summed E-state index contributed by atoms with van der Waals surface area (Å²) < 4.78 is 0. The van der Waals surface area contributed by atoms with E-state index < -0.39 is 0 Å². The van der Waals surface area contributed by atoms with Gasteiger partial charge in [-0.3, -0.25) is 0 Å². The lowest BCUT2D eigenvalue weighted by Crippen LogP contribution is -1.81. The van der Waals surface area contributed by atoms with Crippen LogP contribution in [0.25, 0.3) is 11.3 Å². The van der Waals surface area contributed by atoms with Crippen molar-refractivity contribution in [3.63, 3.8) is 0 Å². The van der Waals surface area contributed by atoms with Crippen molar-refractivity contribution in [3.8, 4) is 11.3 Å². The van der Waals surface area contributed by atoms with E-state index in [1.807, 2.05) is 5.38 Å². The van der Waals surface area contributed by atoms with Crippen molar-refractivity contribution in [2.75, 3.05) is 5.73 Å². The van der Waals surface area contributed by atoms with E-state index in [1.165, 1.54) is 21.8 Å². The summed E-state index contributed by atoms with van der Waals surface area (Å²) in [5.74, 6) is 0. The lowest BCUT2D eigenvalue weighted by Gasteiger charge is -1.85. The number of nitrogen functional groups attached to an aromatic ring is 1. The van der Waals surface area contributed by atoms with Crippen LogP contribution in [0, 0.1) is 6.92 Å². The summed E-state index contributed by atoms with van der Waals surface area (Å²) in [6, 6.07) is 2.12. The maximum atomic E-state index is 5.53. The van der Waals surface area contributed by atoms with Gasteiger partial charge in [-0.25, -0.2) is 4.98 Å². The predicted octanol–water partition coefficient (Wildman–Crippen LogP) is 2.76. The van der Waals surface area contributed by atoms with Crippen LogP contribution in [-0.4, -0.2) is 4.98 Å². The van der Waals surface area contributed by atoms with Gasteiger partial charge < -0.3 is 5.73 Å².